The molecule has 1 rings (SSSR count). The molecule has 0 aromatic carbocycles. The van der Waals surface area contributed by atoms with E-state index >= 15 is 0 Å². The van der Waals surface area contributed by atoms with Crippen molar-refractivity contribution in [2.45, 2.75) is 59.0 Å². The van der Waals surface area contributed by atoms with Crippen LogP contribution in [0.1, 0.15) is 47.0 Å². The summed E-state index contributed by atoms with van der Waals surface area (Å²) >= 11 is 0. The van der Waals surface area contributed by atoms with Gasteiger partial charge in [0.25, 0.3) is 0 Å². The van der Waals surface area contributed by atoms with Gasteiger partial charge in [-0.3, -0.25) is 4.90 Å². The Labute approximate surface area is 95.4 Å². The van der Waals surface area contributed by atoms with Gasteiger partial charge in [-0.05, 0) is 45.2 Å². The lowest BCUT2D eigenvalue weighted by Crippen LogP contribution is -2.41. The molecule has 1 N–H and O–H groups in total. The van der Waals surface area contributed by atoms with Crippen LogP contribution in [0.4, 0.5) is 0 Å². The molecule has 1 unspecified atom stereocenters. The first-order valence-corrected chi connectivity index (χ1v) is 6.61. The van der Waals surface area contributed by atoms with Gasteiger partial charge in [-0.1, -0.05) is 20.8 Å². The molecule has 1 aliphatic rings. The van der Waals surface area contributed by atoms with Crippen LogP contribution in [0.15, 0.2) is 0 Å². The maximum Gasteiger partial charge on any atom is 0.0195 e. The van der Waals surface area contributed by atoms with Gasteiger partial charge in [-0.2, -0.15) is 0 Å². The van der Waals surface area contributed by atoms with E-state index in [9.17, 15) is 0 Å². The van der Waals surface area contributed by atoms with Crippen molar-refractivity contribution in [2.24, 2.45) is 5.92 Å². The maximum atomic E-state index is 3.57. The third-order valence-electron chi connectivity index (χ3n) is 3.29. The van der Waals surface area contributed by atoms with Crippen LogP contribution in [0.25, 0.3) is 0 Å². The van der Waals surface area contributed by atoms with Crippen LogP contribution in [-0.4, -0.2) is 36.6 Å². The van der Waals surface area contributed by atoms with Crippen molar-refractivity contribution >= 4 is 0 Å². The van der Waals surface area contributed by atoms with Crippen molar-refractivity contribution in [1.29, 1.82) is 0 Å². The fourth-order valence-corrected chi connectivity index (χ4v) is 2.15. The van der Waals surface area contributed by atoms with Crippen molar-refractivity contribution < 1.29 is 0 Å². The molecule has 0 aromatic heterocycles. The summed E-state index contributed by atoms with van der Waals surface area (Å²) in [5.74, 6) is 0.818. The number of nitrogens with zero attached hydrogens (tertiary/aromatic N) is 1. The van der Waals surface area contributed by atoms with Gasteiger partial charge in [0, 0.05) is 18.6 Å². The summed E-state index contributed by atoms with van der Waals surface area (Å²) in [4.78, 5) is 2.64. The highest BCUT2D eigenvalue weighted by molar-refractivity contribution is 4.87. The van der Waals surface area contributed by atoms with Crippen molar-refractivity contribution in [1.82, 2.24) is 10.2 Å². The normalized spacial score (nSPS) is 18.8. The van der Waals surface area contributed by atoms with Crippen LogP contribution in [0.2, 0.25) is 0 Å². The van der Waals surface area contributed by atoms with E-state index in [4.69, 9.17) is 0 Å². The van der Waals surface area contributed by atoms with Crippen molar-refractivity contribution in [3.8, 4) is 0 Å². The second kappa shape index (κ2) is 6.49. The molecule has 0 amide bonds. The lowest BCUT2D eigenvalue weighted by Gasteiger charge is -2.28. The third kappa shape index (κ3) is 4.98. The van der Waals surface area contributed by atoms with Crippen LogP contribution in [0, 0.1) is 5.92 Å². The average Bonchev–Trinajstić information content (AvgIpc) is 2.97. The lowest BCUT2D eigenvalue weighted by molar-refractivity contribution is 0.204. The minimum absolute atomic E-state index is 0.703. The van der Waals surface area contributed by atoms with Crippen LogP contribution < -0.4 is 5.32 Å². The lowest BCUT2D eigenvalue weighted by atomic mass is 10.1. The Bertz CT molecular complexity index is 164. The average molecular weight is 212 g/mol. The third-order valence-corrected chi connectivity index (χ3v) is 3.29. The summed E-state index contributed by atoms with van der Waals surface area (Å²) in [6, 6.07) is 1.60. The molecule has 15 heavy (non-hydrogen) atoms. The largest absolute Gasteiger partial charge is 0.315 e. The Morgan fingerprint density at radius 2 is 1.93 bits per heavy atom. The van der Waals surface area contributed by atoms with Gasteiger partial charge in [0.15, 0.2) is 0 Å². The predicted octanol–water partition coefficient (Wildman–Crippen LogP) is 2.49. The van der Waals surface area contributed by atoms with Crippen molar-refractivity contribution in [2.75, 3.05) is 19.6 Å². The van der Waals surface area contributed by atoms with E-state index in [0.717, 1.165) is 18.5 Å². The molecule has 0 aromatic rings. The smallest absolute Gasteiger partial charge is 0.0195 e. The summed E-state index contributed by atoms with van der Waals surface area (Å²) in [5, 5.41) is 3.57. The van der Waals surface area contributed by atoms with E-state index < -0.39 is 0 Å². The molecule has 1 fully saturated rings. The Morgan fingerprint density at radius 1 is 1.27 bits per heavy atom. The molecular weight excluding hydrogens is 184 g/mol. The highest BCUT2D eigenvalue weighted by Crippen LogP contribution is 2.27. The maximum absolute atomic E-state index is 3.57. The number of likely N-dealkylation sites (N-methyl/N-ethyl adjacent to an activating group) is 1. The summed E-state index contributed by atoms with van der Waals surface area (Å²) < 4.78 is 0. The summed E-state index contributed by atoms with van der Waals surface area (Å²) in [6.07, 6.45) is 4.14. The molecule has 0 spiro atoms. The predicted molar refractivity (Wildman–Crippen MR) is 67.2 cm³/mol. The first-order chi connectivity index (χ1) is 7.15. The van der Waals surface area contributed by atoms with Crippen LogP contribution in [0.5, 0.6) is 0 Å². The summed E-state index contributed by atoms with van der Waals surface area (Å²) in [7, 11) is 0. The van der Waals surface area contributed by atoms with Gasteiger partial charge in [0.1, 0.15) is 0 Å². The Hall–Kier alpha value is -0.0800. The van der Waals surface area contributed by atoms with Gasteiger partial charge in [-0.15, -0.1) is 0 Å². The fourth-order valence-electron chi connectivity index (χ4n) is 2.15. The minimum Gasteiger partial charge on any atom is -0.315 e. The molecule has 0 bridgehead atoms. The standard InChI is InChI=1S/C13H28N2/c1-5-15(13-6-7-13)12(4)10-14-9-8-11(2)3/h11-14H,5-10H2,1-4H3. The number of rotatable bonds is 8. The first kappa shape index (κ1) is 13.0. The molecule has 0 aliphatic heterocycles. The van der Waals surface area contributed by atoms with Gasteiger partial charge in [0.05, 0.1) is 0 Å². The monoisotopic (exact) mass is 212 g/mol. The zero-order chi connectivity index (χ0) is 11.3. The molecule has 0 heterocycles. The molecule has 1 aliphatic carbocycles. The molecule has 2 heteroatoms. The van der Waals surface area contributed by atoms with E-state index in [2.05, 4.69) is 37.9 Å². The first-order valence-electron chi connectivity index (χ1n) is 6.61. The van der Waals surface area contributed by atoms with Crippen LogP contribution in [-0.2, 0) is 0 Å². The highest BCUT2D eigenvalue weighted by atomic mass is 15.2. The van der Waals surface area contributed by atoms with Gasteiger partial charge in [0.2, 0.25) is 0 Å². The second-order valence-corrected chi connectivity index (χ2v) is 5.30. The number of hydrogen-bond acceptors (Lipinski definition) is 2. The molecule has 90 valence electrons. The van der Waals surface area contributed by atoms with E-state index in [1.165, 1.54) is 32.4 Å². The topological polar surface area (TPSA) is 15.3 Å². The molecular formula is C13H28N2. The van der Waals surface area contributed by atoms with Crippen molar-refractivity contribution in [3.05, 3.63) is 0 Å². The van der Waals surface area contributed by atoms with Gasteiger partial charge < -0.3 is 5.32 Å². The van der Waals surface area contributed by atoms with Gasteiger partial charge in [-0.25, -0.2) is 0 Å². The SMILES string of the molecule is CCN(C(C)CNCCC(C)C)C1CC1. The highest BCUT2D eigenvalue weighted by Gasteiger charge is 2.30. The Morgan fingerprint density at radius 3 is 2.40 bits per heavy atom. The summed E-state index contributed by atoms with van der Waals surface area (Å²) in [5.41, 5.74) is 0. The molecule has 0 saturated heterocycles. The van der Waals surface area contributed by atoms with E-state index in [-0.39, 0.29) is 0 Å². The quantitative estimate of drug-likeness (QED) is 0.622. The van der Waals surface area contributed by atoms with Gasteiger partial charge >= 0.3 is 0 Å². The zero-order valence-electron chi connectivity index (χ0n) is 10.9. The molecule has 1 atom stereocenters. The molecule has 2 nitrogen and oxygen atoms in total. The molecule has 0 radical (unpaired) electrons. The Kier molecular flexibility index (Phi) is 5.62. The number of hydrogen-bond donors (Lipinski definition) is 1. The minimum atomic E-state index is 0.703. The fraction of sp³-hybridized carbons (Fsp3) is 1.00. The zero-order valence-corrected chi connectivity index (χ0v) is 10.9. The second-order valence-electron chi connectivity index (χ2n) is 5.30. The van der Waals surface area contributed by atoms with E-state index in [0.29, 0.717) is 6.04 Å². The van der Waals surface area contributed by atoms with E-state index in [1.807, 2.05) is 0 Å². The van der Waals surface area contributed by atoms with E-state index in [1.54, 1.807) is 0 Å². The van der Waals surface area contributed by atoms with Crippen molar-refractivity contribution in [3.63, 3.8) is 0 Å². The van der Waals surface area contributed by atoms with Crippen LogP contribution >= 0.6 is 0 Å². The number of nitrogens with one attached hydrogen (secondary N) is 1. The Balaban J connectivity index is 2.08. The van der Waals surface area contributed by atoms with Crippen LogP contribution in [0.3, 0.4) is 0 Å². The molecule has 1 saturated carbocycles. The summed E-state index contributed by atoms with van der Waals surface area (Å²) in [6.45, 7) is 12.7.